The van der Waals surface area contributed by atoms with Gasteiger partial charge >= 0.3 is 6.03 Å². The molecule has 2 saturated carbocycles. The molecule has 0 spiro atoms. The molecule has 0 radical (unpaired) electrons. The number of urea groups is 1. The van der Waals surface area contributed by atoms with E-state index in [1.807, 2.05) is 30.3 Å². The van der Waals surface area contributed by atoms with Crippen molar-refractivity contribution in [3.8, 4) is 5.75 Å². The van der Waals surface area contributed by atoms with Crippen molar-refractivity contribution < 1.29 is 39.0 Å². The molecule has 3 aromatic rings. The third kappa shape index (κ3) is 4.19. The number of hydrogen-bond donors (Lipinski definition) is 4. The number of nitrogens with one attached hydrogen (secondary N) is 2. The summed E-state index contributed by atoms with van der Waals surface area (Å²) < 4.78 is 0. The van der Waals surface area contributed by atoms with E-state index in [1.165, 1.54) is 13.0 Å². The van der Waals surface area contributed by atoms with Crippen LogP contribution >= 0.6 is 0 Å². The largest absolute Gasteiger partial charge is 0.505 e. The summed E-state index contributed by atoms with van der Waals surface area (Å²) in [6.07, 6.45) is 0.0900. The van der Waals surface area contributed by atoms with Crippen LogP contribution in [0, 0.1) is 34.5 Å². The second-order valence-corrected chi connectivity index (χ2v) is 13.9. The molecule has 6 atom stereocenters. The zero-order chi connectivity index (χ0) is 33.5. The first-order chi connectivity index (χ1) is 21.6. The van der Waals surface area contributed by atoms with Gasteiger partial charge in [0.2, 0.25) is 0 Å². The van der Waals surface area contributed by atoms with Crippen molar-refractivity contribution in [1.82, 2.24) is 0 Å². The molecule has 2 fully saturated rings. The molecule has 10 heteroatoms. The number of phenols is 1. The van der Waals surface area contributed by atoms with Crippen LogP contribution in [0.1, 0.15) is 57.0 Å². The normalized spacial score (nSPS) is 30.5. The minimum absolute atomic E-state index is 0.0305. The molecule has 0 bridgehead atoms. The second kappa shape index (κ2) is 10.4. The predicted octanol–water partition coefficient (Wildman–Crippen LogP) is 4.89. The third-order valence-electron chi connectivity index (χ3n) is 10.5. The molecule has 0 heterocycles. The zero-order valence-electron chi connectivity index (χ0n) is 26.3. The number of aromatic hydroxyl groups is 1. The molecule has 4 N–H and O–H groups in total. The lowest BCUT2D eigenvalue weighted by atomic mass is 9.40. The summed E-state index contributed by atoms with van der Waals surface area (Å²) in [6, 6.07) is 15.3. The molecule has 238 valence electrons. The maximum atomic E-state index is 14.4. The third-order valence-corrected chi connectivity index (χ3v) is 10.5. The number of carbonyl (C=O) groups is 6. The standard InChI is InChI=1S/C36H36N2O8/c1-17(2)26-29(41)24(18(3)39)31(43)36(46)32(44)27-30(42)25-20(15-34(27,4)16-35(26,36)5)13-14-23(28(25)40)38-33(45)37-22-12-8-10-19-9-6-7-11-21(19)22/h6-14,17,24,26-27,40,46H,15-16H2,1-5H3,(H2,37,38,45)/t24?,26?,27?,34-,35-,36+/m1/s1. The van der Waals surface area contributed by atoms with Gasteiger partial charge in [-0.3, -0.25) is 24.0 Å². The van der Waals surface area contributed by atoms with E-state index in [0.717, 1.165) is 17.7 Å². The molecule has 0 aromatic heterocycles. The van der Waals surface area contributed by atoms with Crippen molar-refractivity contribution in [2.75, 3.05) is 10.6 Å². The van der Waals surface area contributed by atoms with Crippen LogP contribution < -0.4 is 10.6 Å². The van der Waals surface area contributed by atoms with E-state index in [9.17, 15) is 39.0 Å². The van der Waals surface area contributed by atoms with Gasteiger partial charge in [0.05, 0.1) is 22.9 Å². The molecular weight excluding hydrogens is 588 g/mol. The van der Waals surface area contributed by atoms with Crippen molar-refractivity contribution in [2.24, 2.45) is 34.5 Å². The van der Waals surface area contributed by atoms with Gasteiger partial charge in [-0.15, -0.1) is 0 Å². The Morgan fingerprint density at radius 1 is 0.891 bits per heavy atom. The molecule has 3 aliphatic carbocycles. The Labute approximate surface area is 265 Å². The first kappa shape index (κ1) is 31.3. The minimum Gasteiger partial charge on any atom is -0.505 e. The summed E-state index contributed by atoms with van der Waals surface area (Å²) in [5.41, 5.74) is -4.77. The van der Waals surface area contributed by atoms with Crippen molar-refractivity contribution in [1.29, 1.82) is 0 Å². The van der Waals surface area contributed by atoms with Gasteiger partial charge in [-0.05, 0) is 54.2 Å². The van der Waals surface area contributed by atoms with Gasteiger partial charge in [-0.1, -0.05) is 70.2 Å². The number of rotatable bonds is 4. The molecule has 10 nitrogen and oxygen atoms in total. The molecule has 0 aliphatic heterocycles. The Morgan fingerprint density at radius 3 is 2.22 bits per heavy atom. The highest BCUT2D eigenvalue weighted by molar-refractivity contribution is 6.32. The van der Waals surface area contributed by atoms with E-state index in [-0.39, 0.29) is 24.1 Å². The number of phenolic OH excluding ortho intramolecular Hbond substituents is 1. The first-order valence-corrected chi connectivity index (χ1v) is 15.4. The zero-order valence-corrected chi connectivity index (χ0v) is 26.3. The average molecular weight is 625 g/mol. The summed E-state index contributed by atoms with van der Waals surface area (Å²) in [5, 5.41) is 30.5. The summed E-state index contributed by atoms with van der Waals surface area (Å²) in [7, 11) is 0. The molecule has 2 amide bonds. The van der Waals surface area contributed by atoms with Gasteiger partial charge in [0.15, 0.2) is 28.7 Å². The number of anilines is 2. The van der Waals surface area contributed by atoms with Gasteiger partial charge in [0.1, 0.15) is 17.5 Å². The number of hydrogen-bond acceptors (Lipinski definition) is 8. The molecule has 0 saturated heterocycles. The highest BCUT2D eigenvalue weighted by Gasteiger charge is 2.76. The Morgan fingerprint density at radius 2 is 1.54 bits per heavy atom. The van der Waals surface area contributed by atoms with E-state index in [2.05, 4.69) is 10.6 Å². The van der Waals surface area contributed by atoms with Crippen molar-refractivity contribution in [3.05, 3.63) is 65.7 Å². The minimum atomic E-state index is -2.77. The van der Waals surface area contributed by atoms with Gasteiger partial charge in [-0.25, -0.2) is 4.79 Å². The Bertz CT molecular complexity index is 1890. The van der Waals surface area contributed by atoms with Crippen LogP contribution in [0.2, 0.25) is 0 Å². The van der Waals surface area contributed by atoms with Gasteiger partial charge in [-0.2, -0.15) is 0 Å². The fourth-order valence-corrected chi connectivity index (χ4v) is 8.84. The van der Waals surface area contributed by atoms with Crippen LogP contribution in [0.15, 0.2) is 54.6 Å². The van der Waals surface area contributed by atoms with E-state index in [1.54, 1.807) is 39.0 Å². The number of carbonyl (C=O) groups excluding carboxylic acids is 6. The maximum absolute atomic E-state index is 14.4. The van der Waals surface area contributed by atoms with E-state index in [4.69, 9.17) is 0 Å². The highest BCUT2D eigenvalue weighted by atomic mass is 16.3. The lowest BCUT2D eigenvalue weighted by molar-refractivity contribution is -0.205. The molecule has 6 rings (SSSR count). The summed E-state index contributed by atoms with van der Waals surface area (Å²) in [5.74, 6) is -9.77. The monoisotopic (exact) mass is 624 g/mol. The molecule has 46 heavy (non-hydrogen) atoms. The average Bonchev–Trinajstić information content (AvgIpc) is 2.96. The van der Waals surface area contributed by atoms with Crippen LogP contribution in [0.3, 0.4) is 0 Å². The Hall–Kier alpha value is -4.70. The molecule has 3 unspecified atom stereocenters. The van der Waals surface area contributed by atoms with Crippen LogP contribution in [-0.4, -0.2) is 50.8 Å². The number of benzene rings is 3. The maximum Gasteiger partial charge on any atom is 0.323 e. The number of amides is 2. The van der Waals surface area contributed by atoms with E-state index >= 15 is 0 Å². The Balaban J connectivity index is 1.37. The lowest BCUT2D eigenvalue weighted by Gasteiger charge is -2.61. The fraction of sp³-hybridized carbons (Fsp3) is 0.389. The van der Waals surface area contributed by atoms with E-state index in [0.29, 0.717) is 11.3 Å². The quantitative estimate of drug-likeness (QED) is 0.235. The topological polar surface area (TPSA) is 167 Å². The Kier molecular flexibility index (Phi) is 7.09. The first-order valence-electron chi connectivity index (χ1n) is 15.4. The SMILES string of the molecule is CC(=O)C1C(=O)C(C(C)C)[C@@]2(C)C[C@@]3(C)Cc4ccc(NC(=O)Nc5cccc6ccccc56)c(O)c4C(=O)C3C(=O)[C@@]2(O)C1=O. The van der Waals surface area contributed by atoms with Crippen molar-refractivity contribution in [3.63, 3.8) is 0 Å². The van der Waals surface area contributed by atoms with Gasteiger partial charge in [0, 0.05) is 16.7 Å². The summed E-state index contributed by atoms with van der Waals surface area (Å²) in [6.45, 7) is 7.80. The van der Waals surface area contributed by atoms with Crippen LogP contribution in [0.25, 0.3) is 10.8 Å². The molecule has 3 aromatic carbocycles. The smallest absolute Gasteiger partial charge is 0.323 e. The number of Topliss-reactive ketones (excluding diaryl/α,β-unsaturated/α-hetero) is 5. The lowest BCUT2D eigenvalue weighted by Crippen LogP contribution is -2.76. The van der Waals surface area contributed by atoms with E-state index < -0.39 is 80.8 Å². The van der Waals surface area contributed by atoms with Crippen LogP contribution in [0.4, 0.5) is 16.2 Å². The predicted molar refractivity (Wildman–Crippen MR) is 170 cm³/mol. The summed E-state index contributed by atoms with van der Waals surface area (Å²) >= 11 is 0. The number of ketones is 5. The van der Waals surface area contributed by atoms with Crippen LogP contribution in [-0.2, 0) is 25.6 Å². The second-order valence-electron chi connectivity index (χ2n) is 13.9. The number of fused-ring (bicyclic) bond motifs is 4. The van der Waals surface area contributed by atoms with Gasteiger partial charge in [0.25, 0.3) is 0 Å². The molecular formula is C36H36N2O8. The van der Waals surface area contributed by atoms with Gasteiger partial charge < -0.3 is 20.8 Å². The van der Waals surface area contributed by atoms with Crippen LogP contribution in [0.5, 0.6) is 5.75 Å². The number of aliphatic hydroxyl groups is 1. The highest BCUT2D eigenvalue weighted by Crippen LogP contribution is 2.63. The summed E-state index contributed by atoms with van der Waals surface area (Å²) in [4.78, 5) is 81.6. The fourth-order valence-electron chi connectivity index (χ4n) is 8.84. The van der Waals surface area contributed by atoms with Crippen molar-refractivity contribution in [2.45, 2.75) is 53.1 Å². The van der Waals surface area contributed by atoms with Crippen molar-refractivity contribution >= 4 is 57.1 Å². The molecule has 3 aliphatic rings.